The smallest absolute Gasteiger partial charge is 0.169 e. The van der Waals surface area contributed by atoms with Crippen LogP contribution in [-0.4, -0.2) is 12.2 Å². The van der Waals surface area contributed by atoms with Gasteiger partial charge in [0.1, 0.15) is 5.75 Å². The fraction of sp³-hybridized carbons (Fsp3) is 0.250. The molecule has 0 heterocycles. The van der Waals surface area contributed by atoms with E-state index >= 15 is 0 Å². The van der Waals surface area contributed by atoms with Crippen LogP contribution >= 0.6 is 0 Å². The van der Waals surface area contributed by atoms with Gasteiger partial charge in [0.2, 0.25) is 0 Å². The van der Waals surface area contributed by atoms with Crippen LogP contribution in [0, 0.1) is 0 Å². The van der Waals surface area contributed by atoms with E-state index in [1.807, 2.05) is 55.5 Å². The van der Waals surface area contributed by atoms with Crippen molar-refractivity contribution >= 4 is 0 Å². The summed E-state index contributed by atoms with van der Waals surface area (Å²) in [5.41, 5.74) is 0.788. The summed E-state index contributed by atoms with van der Waals surface area (Å²) >= 11 is 0. The van der Waals surface area contributed by atoms with Crippen LogP contribution in [0.15, 0.2) is 48.5 Å². The zero-order chi connectivity index (χ0) is 13.7. The zero-order valence-corrected chi connectivity index (χ0v) is 11.2. The van der Waals surface area contributed by atoms with Crippen LogP contribution in [-0.2, 0) is 0 Å². The highest BCUT2D eigenvalue weighted by molar-refractivity contribution is 5.45. The van der Waals surface area contributed by atoms with E-state index in [0.717, 1.165) is 5.56 Å². The summed E-state index contributed by atoms with van der Waals surface area (Å²) in [6, 6.07) is 15.0. The Morgan fingerprint density at radius 2 is 1.53 bits per heavy atom. The van der Waals surface area contributed by atoms with Crippen molar-refractivity contribution in [1.29, 1.82) is 0 Å². The Morgan fingerprint density at radius 3 is 2.16 bits per heavy atom. The first-order valence-electron chi connectivity index (χ1n) is 6.34. The molecule has 0 spiro atoms. The third-order valence-electron chi connectivity index (χ3n) is 2.95. The second-order valence-electron chi connectivity index (χ2n) is 4.21. The topological polar surface area (TPSA) is 38.7 Å². The molecule has 2 rings (SSSR count). The maximum absolute atomic E-state index is 10.0. The largest absolute Gasteiger partial charge is 0.493 e. The number of methoxy groups -OCH3 is 1. The van der Waals surface area contributed by atoms with Crippen LogP contribution in [0.5, 0.6) is 17.2 Å². The maximum Gasteiger partial charge on any atom is 0.169 e. The van der Waals surface area contributed by atoms with Gasteiger partial charge in [-0.3, -0.25) is 0 Å². The number of ether oxygens (including phenoxy) is 2. The number of rotatable bonds is 5. The van der Waals surface area contributed by atoms with Crippen LogP contribution in [0.3, 0.4) is 0 Å². The van der Waals surface area contributed by atoms with Gasteiger partial charge >= 0.3 is 0 Å². The molecule has 0 radical (unpaired) electrons. The molecule has 0 aromatic heterocycles. The fourth-order valence-corrected chi connectivity index (χ4v) is 1.89. The van der Waals surface area contributed by atoms with Crippen molar-refractivity contribution in [1.82, 2.24) is 0 Å². The molecule has 0 saturated heterocycles. The van der Waals surface area contributed by atoms with Crippen LogP contribution in [0.2, 0.25) is 0 Å². The van der Waals surface area contributed by atoms with Gasteiger partial charge in [-0.15, -0.1) is 0 Å². The van der Waals surface area contributed by atoms with Gasteiger partial charge in [-0.25, -0.2) is 0 Å². The van der Waals surface area contributed by atoms with Crippen LogP contribution in [0.1, 0.15) is 25.0 Å². The Hall–Kier alpha value is -2.00. The summed E-state index contributed by atoms with van der Waals surface area (Å²) in [5, 5.41) is 10.0. The molecule has 0 amide bonds. The number of para-hydroxylation sites is 3. The van der Waals surface area contributed by atoms with E-state index in [0.29, 0.717) is 23.7 Å². The Balaban J connectivity index is 2.33. The highest BCUT2D eigenvalue weighted by Gasteiger charge is 2.13. The van der Waals surface area contributed by atoms with Gasteiger partial charge < -0.3 is 14.6 Å². The van der Waals surface area contributed by atoms with Gasteiger partial charge in [0.25, 0.3) is 0 Å². The number of hydrogen-bond donors (Lipinski definition) is 1. The Morgan fingerprint density at radius 1 is 0.947 bits per heavy atom. The monoisotopic (exact) mass is 258 g/mol. The van der Waals surface area contributed by atoms with Gasteiger partial charge in [0.15, 0.2) is 11.5 Å². The number of benzene rings is 2. The van der Waals surface area contributed by atoms with E-state index in [1.165, 1.54) is 0 Å². The first-order chi connectivity index (χ1) is 9.26. The predicted octanol–water partition coefficient (Wildman–Crippen LogP) is 3.93. The molecule has 0 unspecified atom stereocenters. The molecular formula is C16H18O3. The highest BCUT2D eigenvalue weighted by atomic mass is 16.5. The fourth-order valence-electron chi connectivity index (χ4n) is 1.89. The molecular weight excluding hydrogens is 240 g/mol. The molecule has 0 aliphatic rings. The lowest BCUT2D eigenvalue weighted by Gasteiger charge is -2.16. The summed E-state index contributed by atoms with van der Waals surface area (Å²) in [5.74, 6) is 1.96. The lowest BCUT2D eigenvalue weighted by molar-refractivity contribution is 0.170. The Kier molecular flexibility index (Phi) is 4.42. The molecule has 1 N–H and O–H groups in total. The summed E-state index contributed by atoms with van der Waals surface area (Å²) in [4.78, 5) is 0. The Bertz CT molecular complexity index is 537. The van der Waals surface area contributed by atoms with E-state index in [1.54, 1.807) is 7.11 Å². The van der Waals surface area contributed by atoms with E-state index in [4.69, 9.17) is 9.47 Å². The molecule has 0 fully saturated rings. The van der Waals surface area contributed by atoms with Crippen molar-refractivity contribution in [2.24, 2.45) is 0 Å². The van der Waals surface area contributed by atoms with E-state index < -0.39 is 6.10 Å². The summed E-state index contributed by atoms with van der Waals surface area (Å²) in [6.07, 6.45) is 0.123. The summed E-state index contributed by atoms with van der Waals surface area (Å²) < 4.78 is 11.1. The van der Waals surface area contributed by atoms with Crippen molar-refractivity contribution in [2.45, 2.75) is 19.4 Å². The second kappa shape index (κ2) is 6.25. The molecule has 3 heteroatoms. The molecule has 0 bridgehead atoms. The lowest BCUT2D eigenvalue weighted by atomic mass is 10.1. The molecule has 1 atom stereocenters. The average molecular weight is 258 g/mol. The van der Waals surface area contributed by atoms with Gasteiger partial charge in [-0.05, 0) is 24.6 Å². The minimum absolute atomic E-state index is 0.522. The Labute approximate surface area is 113 Å². The molecule has 100 valence electrons. The first-order valence-corrected chi connectivity index (χ1v) is 6.34. The van der Waals surface area contributed by atoms with Crippen LogP contribution < -0.4 is 9.47 Å². The molecule has 3 nitrogen and oxygen atoms in total. The molecule has 2 aromatic rings. The predicted molar refractivity (Wildman–Crippen MR) is 74.8 cm³/mol. The van der Waals surface area contributed by atoms with Gasteiger partial charge in [0.05, 0.1) is 13.2 Å². The van der Waals surface area contributed by atoms with E-state index in [-0.39, 0.29) is 0 Å². The molecule has 2 aromatic carbocycles. The number of aliphatic hydroxyl groups is 1. The number of aliphatic hydroxyl groups excluding tert-OH is 1. The van der Waals surface area contributed by atoms with Crippen molar-refractivity contribution in [3.8, 4) is 17.2 Å². The lowest BCUT2D eigenvalue weighted by Crippen LogP contribution is -1.99. The van der Waals surface area contributed by atoms with Crippen molar-refractivity contribution in [3.63, 3.8) is 0 Å². The molecule has 0 aliphatic carbocycles. The van der Waals surface area contributed by atoms with Crippen molar-refractivity contribution in [2.75, 3.05) is 7.11 Å². The minimum Gasteiger partial charge on any atom is -0.493 e. The molecule has 0 saturated carbocycles. The minimum atomic E-state index is -0.522. The van der Waals surface area contributed by atoms with Crippen LogP contribution in [0.4, 0.5) is 0 Å². The zero-order valence-electron chi connectivity index (χ0n) is 11.2. The molecule has 0 aliphatic heterocycles. The average Bonchev–Trinajstić information content (AvgIpc) is 2.47. The maximum atomic E-state index is 10.0. The van der Waals surface area contributed by atoms with Crippen molar-refractivity contribution < 1.29 is 14.6 Å². The van der Waals surface area contributed by atoms with E-state index in [2.05, 4.69) is 0 Å². The normalized spacial score (nSPS) is 11.9. The SMILES string of the molecule is CC[C@@H](O)c1ccccc1Oc1ccccc1OC. The summed E-state index contributed by atoms with van der Waals surface area (Å²) in [7, 11) is 1.61. The van der Waals surface area contributed by atoms with Crippen molar-refractivity contribution in [3.05, 3.63) is 54.1 Å². The third kappa shape index (κ3) is 3.06. The van der Waals surface area contributed by atoms with Gasteiger partial charge in [-0.1, -0.05) is 37.3 Å². The summed E-state index contributed by atoms with van der Waals surface area (Å²) in [6.45, 7) is 1.94. The quantitative estimate of drug-likeness (QED) is 0.883. The highest BCUT2D eigenvalue weighted by Crippen LogP contribution is 2.35. The third-order valence-corrected chi connectivity index (χ3v) is 2.95. The number of hydrogen-bond acceptors (Lipinski definition) is 3. The van der Waals surface area contributed by atoms with Crippen LogP contribution in [0.25, 0.3) is 0 Å². The molecule has 19 heavy (non-hydrogen) atoms. The van der Waals surface area contributed by atoms with Gasteiger partial charge in [-0.2, -0.15) is 0 Å². The van der Waals surface area contributed by atoms with E-state index in [9.17, 15) is 5.11 Å². The van der Waals surface area contributed by atoms with Gasteiger partial charge in [0, 0.05) is 5.56 Å². The second-order valence-corrected chi connectivity index (χ2v) is 4.21. The first kappa shape index (κ1) is 13.4. The standard InChI is InChI=1S/C16H18O3/c1-3-13(17)12-8-4-5-9-14(12)19-16-11-7-6-10-15(16)18-2/h4-11,13,17H,3H2,1-2H3/t13-/m1/s1.